The number of para-hydroxylation sites is 1. The van der Waals surface area contributed by atoms with E-state index in [1.165, 1.54) is 5.56 Å². The van der Waals surface area contributed by atoms with Gasteiger partial charge in [0.25, 0.3) is 11.8 Å². The summed E-state index contributed by atoms with van der Waals surface area (Å²) in [4.78, 5) is 26.4. The zero-order valence-corrected chi connectivity index (χ0v) is 23.7. The summed E-state index contributed by atoms with van der Waals surface area (Å²) in [5.41, 5.74) is 8.15. The number of nitrogens with zero attached hydrogens (tertiary/aromatic N) is 1. The molecule has 202 valence electrons. The predicted molar refractivity (Wildman–Crippen MR) is 164 cm³/mol. The Kier molecular flexibility index (Phi) is 7.31. The Balaban J connectivity index is 1.49. The topological polar surface area (TPSA) is 63.1 Å². The quantitative estimate of drug-likeness (QED) is 0.233. The van der Waals surface area contributed by atoms with E-state index in [1.807, 2.05) is 91.2 Å². The molecule has 0 aliphatic heterocycles. The van der Waals surface area contributed by atoms with E-state index < -0.39 is 0 Å². The van der Waals surface area contributed by atoms with Crippen molar-refractivity contribution < 1.29 is 9.59 Å². The van der Waals surface area contributed by atoms with Gasteiger partial charge in [0, 0.05) is 34.4 Å². The van der Waals surface area contributed by atoms with Crippen LogP contribution in [0.5, 0.6) is 0 Å². The third kappa shape index (κ3) is 5.84. The van der Waals surface area contributed by atoms with Crippen molar-refractivity contribution >= 4 is 34.1 Å². The molecule has 5 rings (SSSR count). The molecular weight excluding hydrogens is 494 g/mol. The van der Waals surface area contributed by atoms with Gasteiger partial charge in [-0.2, -0.15) is 0 Å². The smallest absolute Gasteiger partial charge is 0.272 e. The van der Waals surface area contributed by atoms with Crippen LogP contribution in [0.25, 0.3) is 10.9 Å². The summed E-state index contributed by atoms with van der Waals surface area (Å²) in [5, 5.41) is 6.92. The van der Waals surface area contributed by atoms with Gasteiger partial charge in [0.15, 0.2) is 0 Å². The zero-order chi connectivity index (χ0) is 28.4. The van der Waals surface area contributed by atoms with Crippen molar-refractivity contribution in [2.75, 3.05) is 10.6 Å². The van der Waals surface area contributed by atoms with Gasteiger partial charge in [-0.1, -0.05) is 69.3 Å². The van der Waals surface area contributed by atoms with Gasteiger partial charge < -0.3 is 15.2 Å². The molecule has 0 aliphatic carbocycles. The first-order chi connectivity index (χ1) is 19.1. The highest BCUT2D eigenvalue weighted by atomic mass is 16.2. The van der Waals surface area contributed by atoms with E-state index in [9.17, 15) is 9.59 Å². The van der Waals surface area contributed by atoms with E-state index in [2.05, 4.69) is 55.7 Å². The monoisotopic (exact) mass is 529 g/mol. The van der Waals surface area contributed by atoms with Crippen LogP contribution in [0.4, 0.5) is 11.4 Å². The highest BCUT2D eigenvalue weighted by Crippen LogP contribution is 2.27. The summed E-state index contributed by atoms with van der Waals surface area (Å²) in [6.07, 6.45) is 0. The number of rotatable bonds is 6. The lowest BCUT2D eigenvalue weighted by Gasteiger charge is -2.19. The lowest BCUT2D eigenvalue weighted by atomic mass is 9.87. The molecule has 2 N–H and O–H groups in total. The summed E-state index contributed by atoms with van der Waals surface area (Å²) in [6.45, 7) is 11.2. The highest BCUT2D eigenvalue weighted by molar-refractivity contribution is 6.08. The Morgan fingerprint density at radius 3 is 2.08 bits per heavy atom. The molecule has 0 bridgehead atoms. The average molecular weight is 530 g/mol. The third-order valence-electron chi connectivity index (χ3n) is 7.35. The highest BCUT2D eigenvalue weighted by Gasteiger charge is 2.18. The first-order valence-corrected chi connectivity index (χ1v) is 13.6. The predicted octanol–water partition coefficient (Wildman–Crippen LogP) is 8.11. The van der Waals surface area contributed by atoms with Crippen molar-refractivity contribution in [1.29, 1.82) is 0 Å². The molecule has 5 nitrogen and oxygen atoms in total. The number of hydrogen-bond acceptors (Lipinski definition) is 2. The Bertz CT molecular complexity index is 1690. The number of aryl methyl sites for hydroxylation is 2. The number of nitrogens with one attached hydrogen (secondary N) is 2. The lowest BCUT2D eigenvalue weighted by molar-refractivity contribution is 0.101. The fourth-order valence-corrected chi connectivity index (χ4v) is 4.80. The molecule has 0 saturated heterocycles. The second-order valence-electron chi connectivity index (χ2n) is 11.4. The Morgan fingerprint density at radius 1 is 0.700 bits per heavy atom. The molecular formula is C35H35N3O2. The number of fused-ring (bicyclic) bond motifs is 1. The standard InChI is InChI=1S/C35H35N3O2/c1-23-11-14-26(19-24(23)2)33(39)37-30-17-18-31-27(20-30)21-32(34(40)36-29-9-7-6-8-10-29)38(31)22-25-12-15-28(16-13-25)35(3,4)5/h6-21H,22H2,1-5H3,(H,36,40)(H,37,39). The van der Waals surface area contributed by atoms with Crippen LogP contribution in [0.15, 0.2) is 97.1 Å². The molecule has 0 atom stereocenters. The van der Waals surface area contributed by atoms with Crippen molar-refractivity contribution in [3.05, 3.63) is 131 Å². The van der Waals surface area contributed by atoms with Crippen molar-refractivity contribution in [2.24, 2.45) is 0 Å². The number of carbonyl (C=O) groups excluding carboxylic acids is 2. The first kappa shape index (κ1) is 26.9. The molecule has 4 aromatic carbocycles. The van der Waals surface area contributed by atoms with E-state index in [0.717, 1.165) is 33.3 Å². The summed E-state index contributed by atoms with van der Waals surface area (Å²) in [5.74, 6) is -0.350. The van der Waals surface area contributed by atoms with Crippen LogP contribution in [0, 0.1) is 13.8 Å². The van der Waals surface area contributed by atoms with E-state index in [1.54, 1.807) is 0 Å². The third-order valence-corrected chi connectivity index (χ3v) is 7.35. The Hall–Kier alpha value is -4.64. The molecule has 0 radical (unpaired) electrons. The van der Waals surface area contributed by atoms with Crippen molar-refractivity contribution in [3.63, 3.8) is 0 Å². The van der Waals surface area contributed by atoms with Crippen LogP contribution >= 0.6 is 0 Å². The summed E-state index contributed by atoms with van der Waals surface area (Å²) in [6, 6.07) is 31.4. The summed E-state index contributed by atoms with van der Waals surface area (Å²) >= 11 is 0. The first-order valence-electron chi connectivity index (χ1n) is 13.6. The van der Waals surface area contributed by atoms with Gasteiger partial charge in [-0.05, 0) is 90.0 Å². The molecule has 5 aromatic rings. The summed E-state index contributed by atoms with van der Waals surface area (Å²) in [7, 11) is 0. The summed E-state index contributed by atoms with van der Waals surface area (Å²) < 4.78 is 2.04. The van der Waals surface area contributed by atoms with E-state index >= 15 is 0 Å². The van der Waals surface area contributed by atoms with E-state index in [4.69, 9.17) is 0 Å². The maximum Gasteiger partial charge on any atom is 0.272 e. The minimum atomic E-state index is -0.186. The number of hydrogen-bond donors (Lipinski definition) is 2. The average Bonchev–Trinajstić information content (AvgIpc) is 3.28. The van der Waals surface area contributed by atoms with Crippen LogP contribution in [0.2, 0.25) is 0 Å². The largest absolute Gasteiger partial charge is 0.332 e. The molecule has 0 spiro atoms. The number of aromatic nitrogens is 1. The molecule has 0 saturated carbocycles. The SMILES string of the molecule is Cc1ccc(C(=O)Nc2ccc3c(c2)cc(C(=O)Nc2ccccc2)n3Cc2ccc(C(C)(C)C)cc2)cc1C. The molecule has 1 heterocycles. The molecule has 1 aromatic heterocycles. The van der Waals surface area contributed by atoms with Gasteiger partial charge in [0.1, 0.15) is 5.69 Å². The van der Waals surface area contributed by atoms with Gasteiger partial charge >= 0.3 is 0 Å². The number of anilines is 2. The number of amides is 2. The van der Waals surface area contributed by atoms with Gasteiger partial charge in [0.05, 0.1) is 0 Å². The number of benzene rings is 4. The van der Waals surface area contributed by atoms with Gasteiger partial charge in [-0.15, -0.1) is 0 Å². The molecule has 40 heavy (non-hydrogen) atoms. The molecule has 0 unspecified atom stereocenters. The van der Waals surface area contributed by atoms with Crippen molar-refractivity contribution in [2.45, 2.75) is 46.6 Å². The van der Waals surface area contributed by atoms with Crippen LogP contribution in [-0.2, 0) is 12.0 Å². The van der Waals surface area contributed by atoms with Gasteiger partial charge in [0.2, 0.25) is 0 Å². The number of carbonyl (C=O) groups is 2. The fourth-order valence-electron chi connectivity index (χ4n) is 4.80. The zero-order valence-electron chi connectivity index (χ0n) is 23.7. The van der Waals surface area contributed by atoms with E-state index in [-0.39, 0.29) is 17.2 Å². The second-order valence-corrected chi connectivity index (χ2v) is 11.4. The fraction of sp³-hybridized carbons (Fsp3) is 0.200. The second kappa shape index (κ2) is 10.9. The maximum absolute atomic E-state index is 13.5. The van der Waals surface area contributed by atoms with Gasteiger partial charge in [-0.25, -0.2) is 0 Å². The van der Waals surface area contributed by atoms with Crippen molar-refractivity contribution in [1.82, 2.24) is 4.57 Å². The lowest BCUT2D eigenvalue weighted by Crippen LogP contribution is -2.17. The minimum absolute atomic E-state index is 0.0670. The molecule has 0 aliphatic rings. The minimum Gasteiger partial charge on any atom is -0.332 e. The maximum atomic E-state index is 13.5. The molecule has 2 amide bonds. The molecule has 0 fully saturated rings. The normalized spacial score (nSPS) is 11.4. The van der Waals surface area contributed by atoms with Crippen molar-refractivity contribution in [3.8, 4) is 0 Å². The Morgan fingerprint density at radius 2 is 1.40 bits per heavy atom. The Labute approximate surface area is 235 Å². The molecule has 5 heteroatoms. The van der Waals surface area contributed by atoms with Crippen LogP contribution in [0.3, 0.4) is 0 Å². The van der Waals surface area contributed by atoms with Crippen LogP contribution in [0.1, 0.15) is 63.9 Å². The van der Waals surface area contributed by atoms with Crippen LogP contribution < -0.4 is 10.6 Å². The van der Waals surface area contributed by atoms with E-state index in [0.29, 0.717) is 23.5 Å². The van der Waals surface area contributed by atoms with Crippen LogP contribution in [-0.4, -0.2) is 16.4 Å². The van der Waals surface area contributed by atoms with Gasteiger partial charge in [-0.3, -0.25) is 9.59 Å².